The van der Waals surface area contributed by atoms with Gasteiger partial charge in [0.1, 0.15) is 0 Å². The predicted octanol–water partition coefficient (Wildman–Crippen LogP) is 5.41. The summed E-state index contributed by atoms with van der Waals surface area (Å²) in [6, 6.07) is 8.34. The van der Waals surface area contributed by atoms with Crippen molar-refractivity contribution in [1.82, 2.24) is 0 Å². The minimum Gasteiger partial charge on any atom is -0.409 e. The van der Waals surface area contributed by atoms with Crippen LogP contribution >= 0.6 is 0 Å². The van der Waals surface area contributed by atoms with Crippen LogP contribution in [0, 0.1) is 11.3 Å². The Morgan fingerprint density at radius 3 is 2.32 bits per heavy atom. The molecule has 3 rings (SSSR count). The van der Waals surface area contributed by atoms with Crippen LogP contribution in [0.2, 0.25) is 0 Å². The van der Waals surface area contributed by atoms with Crippen molar-refractivity contribution in [3.8, 4) is 0 Å². The van der Waals surface area contributed by atoms with E-state index >= 15 is 0 Å². The highest BCUT2D eigenvalue weighted by Crippen LogP contribution is 2.47. The molecule has 0 saturated heterocycles. The number of aryl methyl sites for hydroxylation is 1. The van der Waals surface area contributed by atoms with Crippen LogP contribution in [0.25, 0.3) is 0 Å². The Hall–Kier alpha value is -1.88. The van der Waals surface area contributed by atoms with E-state index in [1.54, 1.807) is 0 Å². The Labute approximate surface area is 187 Å². The van der Waals surface area contributed by atoms with Gasteiger partial charge in [-0.05, 0) is 62.0 Å². The topological polar surface area (TPSA) is 84.9 Å². The fourth-order valence-electron chi connectivity index (χ4n) is 4.74. The first kappa shape index (κ1) is 23.8. The van der Waals surface area contributed by atoms with E-state index < -0.39 is 5.41 Å². The number of unbranched alkanes of at least 4 members (excludes halogenated alkanes) is 4. The Morgan fingerprint density at radius 2 is 1.65 bits per heavy atom. The van der Waals surface area contributed by atoms with Crippen molar-refractivity contribution in [2.75, 3.05) is 13.2 Å². The smallest absolute Gasteiger partial charge is 0.152 e. The fraction of sp³-hybridized carbons (Fsp3) is 0.692. The molecule has 2 aliphatic carbocycles. The number of oxime groups is 1. The van der Waals surface area contributed by atoms with Gasteiger partial charge in [-0.1, -0.05) is 67.9 Å². The Balaban J connectivity index is 1.22. The number of amidine groups is 1. The summed E-state index contributed by atoms with van der Waals surface area (Å²) >= 11 is 0. The molecule has 1 aromatic rings. The lowest BCUT2D eigenvalue weighted by Gasteiger charge is -2.21. The molecule has 0 bridgehead atoms. The third-order valence-corrected chi connectivity index (χ3v) is 7.10. The number of ketones is 1. The zero-order valence-electron chi connectivity index (χ0n) is 19.0. The van der Waals surface area contributed by atoms with Gasteiger partial charge in [0.15, 0.2) is 11.6 Å². The lowest BCUT2D eigenvalue weighted by molar-refractivity contribution is -0.121. The monoisotopic (exact) mass is 428 g/mol. The Kier molecular flexibility index (Phi) is 9.38. The molecule has 2 aliphatic rings. The SMILES string of the molecule is N/C(=N\O)C1(C(=O)Cc2ccc(CCCCCCCOCC3CCCCC3)cc2)CC1. The molecular formula is C26H40N2O3. The van der Waals surface area contributed by atoms with Crippen molar-refractivity contribution >= 4 is 11.6 Å². The van der Waals surface area contributed by atoms with Gasteiger partial charge in [0, 0.05) is 19.6 Å². The molecule has 0 radical (unpaired) electrons. The Morgan fingerprint density at radius 1 is 1.00 bits per heavy atom. The van der Waals surface area contributed by atoms with E-state index in [1.165, 1.54) is 69.8 Å². The lowest BCUT2D eigenvalue weighted by atomic mass is 9.90. The average Bonchev–Trinajstić information content (AvgIpc) is 3.61. The highest BCUT2D eigenvalue weighted by atomic mass is 16.5. The molecule has 0 unspecified atom stereocenters. The van der Waals surface area contributed by atoms with E-state index in [0.29, 0.717) is 19.3 Å². The number of carbonyl (C=O) groups excluding carboxylic acids is 1. The molecule has 5 nitrogen and oxygen atoms in total. The van der Waals surface area contributed by atoms with Crippen molar-refractivity contribution in [2.24, 2.45) is 22.2 Å². The summed E-state index contributed by atoms with van der Waals surface area (Å²) < 4.78 is 5.88. The van der Waals surface area contributed by atoms with Gasteiger partial charge in [-0.3, -0.25) is 4.79 Å². The van der Waals surface area contributed by atoms with Gasteiger partial charge in [-0.2, -0.15) is 0 Å². The normalized spacial score (nSPS) is 18.8. The first-order valence-corrected chi connectivity index (χ1v) is 12.3. The number of benzene rings is 1. The molecule has 2 saturated carbocycles. The molecule has 0 atom stereocenters. The molecule has 5 heteroatoms. The largest absolute Gasteiger partial charge is 0.409 e. The van der Waals surface area contributed by atoms with E-state index in [2.05, 4.69) is 17.3 Å². The van der Waals surface area contributed by atoms with E-state index in [4.69, 9.17) is 15.7 Å². The number of carbonyl (C=O) groups is 1. The lowest BCUT2D eigenvalue weighted by Crippen LogP contribution is -2.33. The van der Waals surface area contributed by atoms with Crippen molar-refractivity contribution in [2.45, 2.75) is 89.9 Å². The van der Waals surface area contributed by atoms with Gasteiger partial charge < -0.3 is 15.7 Å². The van der Waals surface area contributed by atoms with Crippen LogP contribution in [0.5, 0.6) is 0 Å². The van der Waals surface area contributed by atoms with E-state index in [9.17, 15) is 4.79 Å². The standard InChI is InChI=1S/C26H40N2O3/c27-25(28-30)26(16-17-26)24(29)19-22-14-12-21(13-15-22)9-5-2-1-3-8-18-31-20-23-10-6-4-7-11-23/h12-15,23,30H,1-11,16-20H2,(H2,27,28). The zero-order chi connectivity index (χ0) is 21.9. The second-order valence-corrected chi connectivity index (χ2v) is 9.58. The molecule has 0 amide bonds. The second kappa shape index (κ2) is 12.2. The Bertz CT molecular complexity index is 704. The summed E-state index contributed by atoms with van der Waals surface area (Å²) in [5, 5.41) is 11.9. The average molecular weight is 429 g/mol. The number of ether oxygens (including phenoxy) is 1. The summed E-state index contributed by atoms with van der Waals surface area (Å²) in [5.41, 5.74) is 7.32. The highest BCUT2D eigenvalue weighted by Gasteiger charge is 2.53. The first-order chi connectivity index (χ1) is 15.1. The first-order valence-electron chi connectivity index (χ1n) is 12.3. The molecular weight excluding hydrogens is 388 g/mol. The van der Waals surface area contributed by atoms with Crippen molar-refractivity contribution in [3.05, 3.63) is 35.4 Å². The minimum absolute atomic E-state index is 0.0540. The maximum atomic E-state index is 12.5. The molecule has 1 aromatic carbocycles. The molecule has 172 valence electrons. The van der Waals surface area contributed by atoms with E-state index in [-0.39, 0.29) is 11.6 Å². The predicted molar refractivity (Wildman–Crippen MR) is 124 cm³/mol. The summed E-state index contributed by atoms with van der Waals surface area (Å²) in [4.78, 5) is 12.5. The summed E-state index contributed by atoms with van der Waals surface area (Å²) in [5.74, 6) is 0.934. The molecule has 0 aliphatic heterocycles. The molecule has 31 heavy (non-hydrogen) atoms. The van der Waals surface area contributed by atoms with Gasteiger partial charge in [0.25, 0.3) is 0 Å². The van der Waals surface area contributed by atoms with Gasteiger partial charge >= 0.3 is 0 Å². The third kappa shape index (κ3) is 7.34. The molecule has 0 spiro atoms. The number of nitrogens with two attached hydrogens (primary N) is 1. The van der Waals surface area contributed by atoms with Crippen LogP contribution in [-0.4, -0.2) is 30.0 Å². The quantitative estimate of drug-likeness (QED) is 0.136. The molecule has 0 heterocycles. The second-order valence-electron chi connectivity index (χ2n) is 9.58. The summed E-state index contributed by atoms with van der Waals surface area (Å²) in [7, 11) is 0. The third-order valence-electron chi connectivity index (χ3n) is 7.10. The van der Waals surface area contributed by atoms with E-state index in [0.717, 1.165) is 31.1 Å². The maximum Gasteiger partial charge on any atom is 0.152 e. The maximum absolute atomic E-state index is 12.5. The number of hydrogen-bond donors (Lipinski definition) is 2. The van der Waals surface area contributed by atoms with E-state index in [1.807, 2.05) is 12.1 Å². The fourth-order valence-corrected chi connectivity index (χ4v) is 4.74. The highest BCUT2D eigenvalue weighted by molar-refractivity contribution is 6.10. The van der Waals surface area contributed by atoms with Crippen LogP contribution in [0.4, 0.5) is 0 Å². The summed E-state index contributed by atoms with van der Waals surface area (Å²) in [6.45, 7) is 1.90. The van der Waals surface area contributed by atoms with Crippen LogP contribution in [0.15, 0.2) is 29.4 Å². The number of Topliss-reactive ketones (excluding diaryl/α,β-unsaturated/α-hetero) is 1. The molecule has 3 N–H and O–H groups in total. The number of rotatable bonds is 14. The molecule has 0 aromatic heterocycles. The van der Waals surface area contributed by atoms with Gasteiger partial charge in [-0.25, -0.2) is 0 Å². The van der Waals surface area contributed by atoms with Crippen LogP contribution in [0.1, 0.15) is 88.2 Å². The van der Waals surface area contributed by atoms with Crippen molar-refractivity contribution in [3.63, 3.8) is 0 Å². The van der Waals surface area contributed by atoms with Crippen LogP contribution in [0.3, 0.4) is 0 Å². The van der Waals surface area contributed by atoms with Gasteiger partial charge in [0.05, 0.1) is 5.41 Å². The number of nitrogens with zero attached hydrogens (tertiary/aromatic N) is 1. The summed E-state index contributed by atoms with van der Waals surface area (Å²) in [6.07, 6.45) is 15.9. The van der Waals surface area contributed by atoms with Crippen molar-refractivity contribution < 1.29 is 14.7 Å². The zero-order valence-corrected chi connectivity index (χ0v) is 19.0. The van der Waals surface area contributed by atoms with Crippen molar-refractivity contribution in [1.29, 1.82) is 0 Å². The van der Waals surface area contributed by atoms with Crippen LogP contribution < -0.4 is 5.73 Å². The van der Waals surface area contributed by atoms with Crippen LogP contribution in [-0.2, 0) is 22.4 Å². The molecule has 2 fully saturated rings. The van der Waals surface area contributed by atoms with Gasteiger partial charge in [-0.15, -0.1) is 0 Å². The van der Waals surface area contributed by atoms with Gasteiger partial charge in [0.2, 0.25) is 0 Å². The minimum atomic E-state index is -0.714. The number of hydrogen-bond acceptors (Lipinski definition) is 4.